The molecular weight excluding hydrogens is 202 g/mol. The predicted octanol–water partition coefficient (Wildman–Crippen LogP) is 1.79. The number of hydrogen-bond donors (Lipinski definition) is 1. The Morgan fingerprint density at radius 2 is 2.06 bits per heavy atom. The Morgan fingerprint density at radius 1 is 1.44 bits per heavy atom. The molecule has 1 aromatic heterocycles. The first-order valence-electron chi connectivity index (χ1n) is 5.81. The Kier molecular flexibility index (Phi) is 4.08. The molecule has 0 fully saturated rings. The molecule has 0 saturated heterocycles. The summed E-state index contributed by atoms with van der Waals surface area (Å²) in [5.74, 6) is 1.32. The third-order valence-electron chi connectivity index (χ3n) is 3.33. The summed E-state index contributed by atoms with van der Waals surface area (Å²) in [4.78, 5) is 4.12. The number of aromatic nitrogens is 3. The standard InChI is InChI=1S/C12H23N3O/c1-9(12(2,3)4)6-10(16)7-11-13-8-14-15(11)5/h8-10,16H,6-7H2,1-5H3. The van der Waals surface area contributed by atoms with Gasteiger partial charge in [-0.1, -0.05) is 27.7 Å². The first-order chi connectivity index (χ1) is 7.30. The van der Waals surface area contributed by atoms with Crippen molar-refractivity contribution in [1.82, 2.24) is 14.8 Å². The van der Waals surface area contributed by atoms with Crippen molar-refractivity contribution < 1.29 is 5.11 Å². The highest BCUT2D eigenvalue weighted by atomic mass is 16.3. The van der Waals surface area contributed by atoms with Gasteiger partial charge in [-0.3, -0.25) is 4.68 Å². The van der Waals surface area contributed by atoms with Gasteiger partial charge in [0.15, 0.2) is 0 Å². The molecule has 0 aliphatic carbocycles. The Bertz CT molecular complexity index is 327. The predicted molar refractivity (Wildman–Crippen MR) is 63.9 cm³/mol. The monoisotopic (exact) mass is 225 g/mol. The van der Waals surface area contributed by atoms with E-state index in [9.17, 15) is 5.11 Å². The number of nitrogens with zero attached hydrogens (tertiary/aromatic N) is 3. The summed E-state index contributed by atoms with van der Waals surface area (Å²) in [5, 5.41) is 14.0. The number of aliphatic hydroxyl groups is 1. The maximum absolute atomic E-state index is 10.00. The van der Waals surface area contributed by atoms with Crippen LogP contribution < -0.4 is 0 Å². The van der Waals surface area contributed by atoms with E-state index in [2.05, 4.69) is 37.8 Å². The third kappa shape index (κ3) is 3.59. The van der Waals surface area contributed by atoms with Crippen molar-refractivity contribution >= 4 is 0 Å². The van der Waals surface area contributed by atoms with Gasteiger partial charge in [-0.2, -0.15) is 5.10 Å². The summed E-state index contributed by atoms with van der Waals surface area (Å²) < 4.78 is 1.71. The second-order valence-corrected chi connectivity index (χ2v) is 5.66. The summed E-state index contributed by atoms with van der Waals surface area (Å²) in [5.41, 5.74) is 0.237. The quantitative estimate of drug-likeness (QED) is 0.850. The molecule has 4 nitrogen and oxygen atoms in total. The maximum Gasteiger partial charge on any atom is 0.138 e. The zero-order chi connectivity index (χ0) is 12.3. The van der Waals surface area contributed by atoms with Gasteiger partial charge < -0.3 is 5.11 Å². The van der Waals surface area contributed by atoms with E-state index in [4.69, 9.17) is 0 Å². The smallest absolute Gasteiger partial charge is 0.138 e. The summed E-state index contributed by atoms with van der Waals surface area (Å²) in [6.07, 6.45) is 2.57. The highest BCUT2D eigenvalue weighted by Gasteiger charge is 2.23. The van der Waals surface area contributed by atoms with Gasteiger partial charge >= 0.3 is 0 Å². The number of aliphatic hydroxyl groups excluding tert-OH is 1. The molecule has 0 amide bonds. The largest absolute Gasteiger partial charge is 0.393 e. The molecule has 0 aliphatic heterocycles. The first kappa shape index (κ1) is 13.2. The molecule has 16 heavy (non-hydrogen) atoms. The molecule has 0 spiro atoms. The maximum atomic E-state index is 10.00. The van der Waals surface area contributed by atoms with E-state index >= 15 is 0 Å². The minimum absolute atomic E-state index is 0.237. The topological polar surface area (TPSA) is 50.9 Å². The fraction of sp³-hybridized carbons (Fsp3) is 0.833. The van der Waals surface area contributed by atoms with Gasteiger partial charge in [-0.25, -0.2) is 4.98 Å². The molecule has 1 rings (SSSR count). The number of hydrogen-bond acceptors (Lipinski definition) is 3. The van der Waals surface area contributed by atoms with Crippen LogP contribution in [0.5, 0.6) is 0 Å². The van der Waals surface area contributed by atoms with Crippen LogP contribution in [0, 0.1) is 11.3 Å². The molecule has 2 atom stereocenters. The van der Waals surface area contributed by atoms with E-state index in [-0.39, 0.29) is 11.5 Å². The van der Waals surface area contributed by atoms with Crippen LogP contribution in [-0.2, 0) is 13.5 Å². The molecule has 1 N–H and O–H groups in total. The second-order valence-electron chi connectivity index (χ2n) is 5.66. The van der Waals surface area contributed by atoms with Crippen LogP contribution in [0.3, 0.4) is 0 Å². The second kappa shape index (κ2) is 4.95. The van der Waals surface area contributed by atoms with Crippen LogP contribution in [0.15, 0.2) is 6.33 Å². The van der Waals surface area contributed by atoms with Gasteiger partial charge in [0.25, 0.3) is 0 Å². The molecule has 92 valence electrons. The summed E-state index contributed by atoms with van der Waals surface area (Å²) in [7, 11) is 1.85. The van der Waals surface area contributed by atoms with Crippen LogP contribution in [0.1, 0.15) is 39.9 Å². The molecule has 0 aliphatic rings. The normalized spacial score (nSPS) is 16.1. The fourth-order valence-electron chi connectivity index (χ4n) is 1.56. The van der Waals surface area contributed by atoms with Crippen molar-refractivity contribution in [2.75, 3.05) is 0 Å². The van der Waals surface area contributed by atoms with Crippen LogP contribution in [0.4, 0.5) is 0 Å². The number of aryl methyl sites for hydroxylation is 1. The van der Waals surface area contributed by atoms with Crippen LogP contribution in [0.2, 0.25) is 0 Å². The molecule has 4 heteroatoms. The zero-order valence-electron chi connectivity index (χ0n) is 10.9. The van der Waals surface area contributed by atoms with E-state index in [1.165, 1.54) is 6.33 Å². The lowest BCUT2D eigenvalue weighted by Crippen LogP contribution is -2.24. The SMILES string of the molecule is CC(CC(O)Cc1ncnn1C)C(C)(C)C. The van der Waals surface area contributed by atoms with Gasteiger partial charge in [0, 0.05) is 13.5 Å². The van der Waals surface area contributed by atoms with Crippen molar-refractivity contribution in [2.24, 2.45) is 18.4 Å². The Morgan fingerprint density at radius 3 is 2.50 bits per heavy atom. The summed E-state index contributed by atoms with van der Waals surface area (Å²) >= 11 is 0. The first-order valence-corrected chi connectivity index (χ1v) is 5.81. The Labute approximate surface area is 97.7 Å². The van der Waals surface area contributed by atoms with Crippen molar-refractivity contribution in [1.29, 1.82) is 0 Å². The molecular formula is C12H23N3O. The van der Waals surface area contributed by atoms with Crippen molar-refractivity contribution in [3.63, 3.8) is 0 Å². The molecule has 0 radical (unpaired) electrons. The van der Waals surface area contributed by atoms with Crippen LogP contribution >= 0.6 is 0 Å². The molecule has 2 unspecified atom stereocenters. The zero-order valence-corrected chi connectivity index (χ0v) is 10.9. The lowest BCUT2D eigenvalue weighted by atomic mass is 9.78. The molecule has 0 bridgehead atoms. The van der Waals surface area contributed by atoms with Gasteiger partial charge in [0.05, 0.1) is 6.10 Å². The minimum atomic E-state index is -0.336. The lowest BCUT2D eigenvalue weighted by Gasteiger charge is -2.28. The van der Waals surface area contributed by atoms with E-state index in [0.717, 1.165) is 12.2 Å². The Hall–Kier alpha value is -0.900. The van der Waals surface area contributed by atoms with Gasteiger partial charge in [0.1, 0.15) is 12.2 Å². The van der Waals surface area contributed by atoms with Gasteiger partial charge in [0.2, 0.25) is 0 Å². The van der Waals surface area contributed by atoms with Gasteiger partial charge in [-0.15, -0.1) is 0 Å². The Balaban J connectivity index is 2.48. The van der Waals surface area contributed by atoms with Crippen LogP contribution in [-0.4, -0.2) is 26.0 Å². The lowest BCUT2D eigenvalue weighted by molar-refractivity contribution is 0.108. The van der Waals surface area contributed by atoms with Crippen molar-refractivity contribution in [3.8, 4) is 0 Å². The van der Waals surface area contributed by atoms with E-state index in [0.29, 0.717) is 12.3 Å². The minimum Gasteiger partial charge on any atom is -0.393 e. The molecule has 1 heterocycles. The molecule has 0 aromatic carbocycles. The van der Waals surface area contributed by atoms with Crippen molar-refractivity contribution in [2.45, 2.75) is 46.6 Å². The molecule has 0 saturated carbocycles. The van der Waals surface area contributed by atoms with E-state index < -0.39 is 0 Å². The fourth-order valence-corrected chi connectivity index (χ4v) is 1.56. The van der Waals surface area contributed by atoms with Crippen LogP contribution in [0.25, 0.3) is 0 Å². The van der Waals surface area contributed by atoms with E-state index in [1.807, 2.05) is 7.05 Å². The summed E-state index contributed by atoms with van der Waals surface area (Å²) in [6.45, 7) is 8.78. The highest BCUT2D eigenvalue weighted by molar-refractivity contribution is 4.87. The summed E-state index contributed by atoms with van der Waals surface area (Å²) in [6, 6.07) is 0. The molecule has 1 aromatic rings. The average Bonchev–Trinajstić information content (AvgIpc) is 2.50. The van der Waals surface area contributed by atoms with Crippen molar-refractivity contribution in [3.05, 3.63) is 12.2 Å². The third-order valence-corrected chi connectivity index (χ3v) is 3.33. The average molecular weight is 225 g/mol. The number of rotatable bonds is 4. The van der Waals surface area contributed by atoms with Gasteiger partial charge in [-0.05, 0) is 17.8 Å². The van der Waals surface area contributed by atoms with E-state index in [1.54, 1.807) is 4.68 Å². The highest BCUT2D eigenvalue weighted by Crippen LogP contribution is 2.29.